The standard InChI is InChI=1S/C21H17N3O6/c25-20-18-12-5-6-13(9-12)19(18)21(26)23(20)22-10-14-7-8-15(30-14)11-29-17-4-2-1-3-16(17)24(27)28/h1-8,10,12-13,18-19H,9,11H2/b22-10-/t12-,13-,18+,19+/m0/s1. The van der Waals surface area contributed by atoms with Crippen LogP contribution in [-0.4, -0.2) is 28.0 Å². The summed E-state index contributed by atoms with van der Waals surface area (Å²) < 4.78 is 11.1. The van der Waals surface area contributed by atoms with Gasteiger partial charge in [0.05, 0.1) is 23.0 Å². The quantitative estimate of drug-likeness (QED) is 0.239. The lowest BCUT2D eigenvalue weighted by Gasteiger charge is -2.13. The number of imide groups is 1. The topological polar surface area (TPSA) is 115 Å². The number of amides is 2. The zero-order chi connectivity index (χ0) is 20.8. The number of nitrogens with zero attached hydrogens (tertiary/aromatic N) is 3. The molecule has 30 heavy (non-hydrogen) atoms. The first kappa shape index (κ1) is 18.3. The van der Waals surface area contributed by atoms with Crippen LogP contribution < -0.4 is 4.74 Å². The molecule has 5 rings (SSSR count). The molecule has 9 nitrogen and oxygen atoms in total. The van der Waals surface area contributed by atoms with Crippen molar-refractivity contribution in [3.05, 3.63) is 70.2 Å². The van der Waals surface area contributed by atoms with Gasteiger partial charge in [-0.15, -0.1) is 0 Å². The van der Waals surface area contributed by atoms with E-state index in [1.807, 2.05) is 12.2 Å². The van der Waals surface area contributed by atoms with E-state index in [1.54, 1.807) is 24.3 Å². The minimum Gasteiger partial charge on any atom is -0.479 e. The van der Waals surface area contributed by atoms with Crippen LogP contribution in [0.5, 0.6) is 5.75 Å². The van der Waals surface area contributed by atoms with E-state index in [4.69, 9.17) is 9.15 Å². The van der Waals surface area contributed by atoms with Gasteiger partial charge in [0.15, 0.2) is 5.75 Å². The van der Waals surface area contributed by atoms with Crippen molar-refractivity contribution < 1.29 is 23.7 Å². The number of carbonyl (C=O) groups excluding carboxylic acids is 2. The lowest BCUT2D eigenvalue weighted by Crippen LogP contribution is -2.28. The van der Waals surface area contributed by atoms with Crippen LogP contribution in [0.4, 0.5) is 5.69 Å². The van der Waals surface area contributed by atoms with Gasteiger partial charge < -0.3 is 9.15 Å². The van der Waals surface area contributed by atoms with Crippen LogP contribution >= 0.6 is 0 Å². The van der Waals surface area contributed by atoms with Gasteiger partial charge >= 0.3 is 5.69 Å². The third-order valence-electron chi connectivity index (χ3n) is 5.86. The fraction of sp³-hybridized carbons (Fsp3) is 0.286. The molecule has 1 saturated heterocycles. The molecular formula is C21H17N3O6. The van der Waals surface area contributed by atoms with Gasteiger partial charge in [-0.1, -0.05) is 24.3 Å². The van der Waals surface area contributed by atoms with Crippen LogP contribution in [0.15, 0.2) is 58.1 Å². The number of rotatable bonds is 6. The normalized spacial score (nSPS) is 26.7. The summed E-state index contributed by atoms with van der Waals surface area (Å²) in [5.41, 5.74) is -0.133. The third kappa shape index (κ3) is 2.90. The highest BCUT2D eigenvalue weighted by molar-refractivity contribution is 6.06. The fourth-order valence-corrected chi connectivity index (χ4v) is 4.54. The van der Waals surface area contributed by atoms with Crippen molar-refractivity contribution in [1.29, 1.82) is 0 Å². The number of carbonyl (C=O) groups is 2. The third-order valence-corrected chi connectivity index (χ3v) is 5.86. The number of para-hydroxylation sites is 2. The summed E-state index contributed by atoms with van der Waals surface area (Å²) >= 11 is 0. The molecule has 1 saturated carbocycles. The molecule has 2 fully saturated rings. The zero-order valence-corrected chi connectivity index (χ0v) is 15.7. The van der Waals surface area contributed by atoms with Crippen LogP contribution in [0, 0.1) is 33.8 Å². The average Bonchev–Trinajstić information content (AvgIpc) is 3.51. The van der Waals surface area contributed by atoms with Crippen molar-refractivity contribution >= 4 is 23.7 Å². The highest BCUT2D eigenvalue weighted by atomic mass is 16.6. The SMILES string of the molecule is O=C1[C@H]2[C@H](C(=O)N1/N=C\c1ccc(COc3ccccc3[N+](=O)[O-])o1)[C@H]1C=C[C@H]2C1. The molecule has 2 aromatic rings. The summed E-state index contributed by atoms with van der Waals surface area (Å²) in [4.78, 5) is 35.7. The second-order valence-electron chi connectivity index (χ2n) is 7.55. The second-order valence-corrected chi connectivity index (χ2v) is 7.55. The number of benzene rings is 1. The molecule has 1 aromatic heterocycles. The van der Waals surface area contributed by atoms with Crippen molar-refractivity contribution in [2.75, 3.05) is 0 Å². The number of nitro benzene ring substituents is 1. The van der Waals surface area contributed by atoms with Crippen LogP contribution in [0.1, 0.15) is 17.9 Å². The Hall–Kier alpha value is -3.75. The molecular weight excluding hydrogens is 390 g/mol. The minimum absolute atomic E-state index is 0.0144. The number of hydrogen-bond acceptors (Lipinski definition) is 7. The van der Waals surface area contributed by atoms with Gasteiger partial charge in [0, 0.05) is 6.07 Å². The van der Waals surface area contributed by atoms with Gasteiger partial charge in [-0.3, -0.25) is 19.7 Å². The molecule has 2 bridgehead atoms. The van der Waals surface area contributed by atoms with E-state index in [0.717, 1.165) is 11.4 Å². The summed E-state index contributed by atoms with van der Waals surface area (Å²) in [5, 5.41) is 16.1. The van der Waals surface area contributed by atoms with Crippen LogP contribution in [0.25, 0.3) is 0 Å². The lowest BCUT2D eigenvalue weighted by molar-refractivity contribution is -0.386. The largest absolute Gasteiger partial charge is 0.479 e. The van der Waals surface area contributed by atoms with Gasteiger partial charge in [0.2, 0.25) is 0 Å². The molecule has 152 valence electrons. The van der Waals surface area contributed by atoms with Crippen molar-refractivity contribution in [1.82, 2.24) is 5.01 Å². The summed E-state index contributed by atoms with van der Waals surface area (Å²) in [6.07, 6.45) is 6.24. The fourth-order valence-electron chi connectivity index (χ4n) is 4.54. The average molecular weight is 407 g/mol. The van der Waals surface area contributed by atoms with Gasteiger partial charge in [0.1, 0.15) is 18.1 Å². The molecule has 0 N–H and O–H groups in total. The maximum absolute atomic E-state index is 12.6. The van der Waals surface area contributed by atoms with Gasteiger partial charge in [0.25, 0.3) is 11.8 Å². The van der Waals surface area contributed by atoms with E-state index in [1.165, 1.54) is 18.3 Å². The highest BCUT2D eigenvalue weighted by Gasteiger charge is 2.59. The van der Waals surface area contributed by atoms with E-state index in [9.17, 15) is 19.7 Å². The molecule has 3 aliphatic rings. The monoisotopic (exact) mass is 407 g/mol. The van der Waals surface area contributed by atoms with E-state index in [0.29, 0.717) is 11.5 Å². The predicted octanol–water partition coefficient (Wildman–Crippen LogP) is 2.91. The maximum Gasteiger partial charge on any atom is 0.310 e. The van der Waals surface area contributed by atoms with Crippen LogP contribution in [-0.2, 0) is 16.2 Å². The minimum atomic E-state index is -0.517. The van der Waals surface area contributed by atoms with Crippen molar-refractivity contribution in [2.24, 2.45) is 28.8 Å². The number of furan rings is 1. The van der Waals surface area contributed by atoms with Crippen LogP contribution in [0.2, 0.25) is 0 Å². The first-order chi connectivity index (χ1) is 14.5. The van der Waals surface area contributed by atoms with Gasteiger partial charge in [-0.25, -0.2) is 0 Å². The lowest BCUT2D eigenvalue weighted by atomic mass is 9.85. The summed E-state index contributed by atoms with van der Waals surface area (Å²) in [6.45, 7) is -0.0144. The number of nitro groups is 1. The van der Waals surface area contributed by atoms with Crippen LogP contribution in [0.3, 0.4) is 0 Å². The second kappa shape index (κ2) is 6.94. The van der Waals surface area contributed by atoms with Crippen molar-refractivity contribution in [3.8, 4) is 5.75 Å². The number of ether oxygens (including phenoxy) is 1. The predicted molar refractivity (Wildman–Crippen MR) is 103 cm³/mol. The van der Waals surface area contributed by atoms with E-state index in [-0.39, 0.29) is 53.5 Å². The van der Waals surface area contributed by atoms with Gasteiger partial charge in [-0.2, -0.15) is 10.1 Å². The van der Waals surface area contributed by atoms with Gasteiger partial charge in [-0.05, 0) is 36.5 Å². The Balaban J connectivity index is 1.25. The summed E-state index contributed by atoms with van der Waals surface area (Å²) in [5.74, 6) is 0.0462. The first-order valence-electron chi connectivity index (χ1n) is 9.58. The van der Waals surface area contributed by atoms with E-state index < -0.39 is 4.92 Å². The number of hydrazone groups is 1. The Kier molecular flexibility index (Phi) is 4.23. The summed E-state index contributed by atoms with van der Waals surface area (Å²) in [7, 11) is 0. The molecule has 2 heterocycles. The smallest absolute Gasteiger partial charge is 0.310 e. The Morgan fingerprint density at radius 3 is 2.53 bits per heavy atom. The number of fused-ring (bicyclic) bond motifs is 5. The molecule has 2 amide bonds. The Labute approximate surface area is 170 Å². The number of allylic oxidation sites excluding steroid dienone is 2. The van der Waals surface area contributed by atoms with E-state index >= 15 is 0 Å². The highest BCUT2D eigenvalue weighted by Crippen LogP contribution is 2.52. The molecule has 0 spiro atoms. The maximum atomic E-state index is 12.6. The Morgan fingerprint density at radius 1 is 1.13 bits per heavy atom. The summed E-state index contributed by atoms with van der Waals surface area (Å²) in [6, 6.07) is 9.33. The van der Waals surface area contributed by atoms with Crippen molar-refractivity contribution in [3.63, 3.8) is 0 Å². The first-order valence-corrected chi connectivity index (χ1v) is 9.58. The number of hydrogen-bond donors (Lipinski definition) is 0. The molecule has 1 aromatic carbocycles. The van der Waals surface area contributed by atoms with Crippen molar-refractivity contribution in [2.45, 2.75) is 13.0 Å². The Bertz CT molecular complexity index is 1070. The molecule has 9 heteroatoms. The molecule has 4 atom stereocenters. The zero-order valence-electron chi connectivity index (χ0n) is 15.7. The molecule has 1 aliphatic heterocycles. The van der Waals surface area contributed by atoms with E-state index in [2.05, 4.69) is 5.10 Å². The molecule has 0 unspecified atom stereocenters. The molecule has 2 aliphatic carbocycles. The Morgan fingerprint density at radius 2 is 1.83 bits per heavy atom. The molecule has 0 radical (unpaired) electrons.